The topological polar surface area (TPSA) is 77.1 Å². The first-order chi connectivity index (χ1) is 10.1. The van der Waals surface area contributed by atoms with Gasteiger partial charge in [-0.05, 0) is 25.0 Å². The fraction of sp³-hybridized carbons (Fsp3) is 0.385. The molecule has 110 valence electrons. The van der Waals surface area contributed by atoms with Gasteiger partial charge in [-0.1, -0.05) is 5.21 Å². The lowest BCUT2D eigenvalue weighted by Crippen LogP contribution is -2.35. The Hall–Kier alpha value is -2.51. The van der Waals surface area contributed by atoms with E-state index < -0.39 is 10.7 Å². The van der Waals surface area contributed by atoms with Crippen LogP contribution in [0.5, 0.6) is 0 Å². The van der Waals surface area contributed by atoms with Gasteiger partial charge < -0.3 is 4.90 Å². The van der Waals surface area contributed by atoms with Crippen LogP contribution in [-0.4, -0.2) is 33.0 Å². The number of hydrogen-bond donors (Lipinski definition) is 0. The normalized spacial score (nSPS) is 16.1. The summed E-state index contributed by atoms with van der Waals surface area (Å²) in [4.78, 5) is 12.4. The van der Waals surface area contributed by atoms with Crippen molar-refractivity contribution in [3.8, 4) is 0 Å². The summed E-state index contributed by atoms with van der Waals surface area (Å²) in [5, 5.41) is 18.8. The van der Waals surface area contributed by atoms with E-state index in [1.165, 1.54) is 12.1 Å². The van der Waals surface area contributed by atoms with Crippen molar-refractivity contribution in [1.29, 1.82) is 0 Å². The zero-order valence-corrected chi connectivity index (χ0v) is 11.2. The van der Waals surface area contributed by atoms with E-state index in [2.05, 4.69) is 10.3 Å². The van der Waals surface area contributed by atoms with Gasteiger partial charge in [-0.25, -0.2) is 9.07 Å². The highest BCUT2D eigenvalue weighted by molar-refractivity contribution is 5.63. The van der Waals surface area contributed by atoms with Crippen LogP contribution >= 0.6 is 0 Å². The Labute approximate surface area is 120 Å². The molecule has 1 aliphatic heterocycles. The fourth-order valence-electron chi connectivity index (χ4n) is 2.69. The Kier molecular flexibility index (Phi) is 3.51. The average Bonchev–Trinajstić information content (AvgIpc) is 3.01. The van der Waals surface area contributed by atoms with Gasteiger partial charge >= 0.3 is 0 Å². The van der Waals surface area contributed by atoms with Crippen LogP contribution in [0, 0.1) is 15.9 Å². The van der Waals surface area contributed by atoms with Gasteiger partial charge in [-0.3, -0.25) is 10.1 Å². The smallest absolute Gasteiger partial charge is 0.295 e. The molecular weight excluding hydrogens is 277 g/mol. The number of nitro benzene ring substituents is 1. The van der Waals surface area contributed by atoms with Gasteiger partial charge in [0.1, 0.15) is 11.5 Å². The van der Waals surface area contributed by atoms with Crippen LogP contribution in [0.4, 0.5) is 15.8 Å². The zero-order valence-electron chi connectivity index (χ0n) is 11.2. The van der Waals surface area contributed by atoms with E-state index in [0.29, 0.717) is 18.8 Å². The average molecular weight is 291 g/mol. The maximum Gasteiger partial charge on any atom is 0.295 e. The molecule has 2 heterocycles. The molecule has 1 saturated heterocycles. The molecule has 2 aromatic rings. The van der Waals surface area contributed by atoms with E-state index in [0.717, 1.165) is 18.9 Å². The van der Waals surface area contributed by atoms with Crippen molar-refractivity contribution in [2.75, 3.05) is 18.0 Å². The Balaban J connectivity index is 1.76. The number of rotatable bonds is 3. The number of hydrogen-bond acceptors (Lipinski definition) is 5. The van der Waals surface area contributed by atoms with Crippen LogP contribution in [-0.2, 0) is 0 Å². The van der Waals surface area contributed by atoms with E-state index in [1.54, 1.807) is 6.20 Å². The number of nitrogens with zero attached hydrogens (tertiary/aromatic N) is 5. The Bertz CT molecular complexity index is 638. The van der Waals surface area contributed by atoms with Gasteiger partial charge in [0, 0.05) is 19.3 Å². The summed E-state index contributed by atoms with van der Waals surface area (Å²) in [6.45, 7) is 1.33. The summed E-state index contributed by atoms with van der Waals surface area (Å²) in [5.41, 5.74) is 0.285. The molecule has 8 heteroatoms. The Morgan fingerprint density at radius 3 is 2.71 bits per heavy atom. The fourth-order valence-corrected chi connectivity index (χ4v) is 2.69. The van der Waals surface area contributed by atoms with Crippen LogP contribution in [0.15, 0.2) is 30.6 Å². The quantitative estimate of drug-likeness (QED) is 0.639. The van der Waals surface area contributed by atoms with Gasteiger partial charge in [0.15, 0.2) is 0 Å². The lowest BCUT2D eigenvalue weighted by molar-refractivity contribution is -0.384. The number of aromatic nitrogens is 3. The molecule has 3 rings (SSSR count). The molecule has 0 unspecified atom stereocenters. The van der Waals surface area contributed by atoms with Crippen LogP contribution < -0.4 is 4.90 Å². The number of halogens is 1. The second-order valence-electron chi connectivity index (χ2n) is 4.99. The second-order valence-corrected chi connectivity index (χ2v) is 4.99. The molecule has 0 aliphatic carbocycles. The standard InChI is InChI=1S/C13H14FN5O2/c14-10-1-2-12(13(9-10)19(20)21)17-6-3-11(4-7-17)18-8-5-15-16-18/h1-2,5,8-9,11H,3-4,6-7H2. The van der Waals surface area contributed by atoms with Gasteiger partial charge in [0.2, 0.25) is 0 Å². The van der Waals surface area contributed by atoms with E-state index in [-0.39, 0.29) is 11.7 Å². The van der Waals surface area contributed by atoms with Crippen LogP contribution in [0.1, 0.15) is 18.9 Å². The summed E-state index contributed by atoms with van der Waals surface area (Å²) in [5.74, 6) is -0.594. The van der Waals surface area contributed by atoms with Gasteiger partial charge in [-0.15, -0.1) is 5.10 Å². The highest BCUT2D eigenvalue weighted by Crippen LogP contribution is 2.32. The maximum absolute atomic E-state index is 13.2. The summed E-state index contributed by atoms with van der Waals surface area (Å²) in [7, 11) is 0. The Morgan fingerprint density at radius 2 is 2.10 bits per heavy atom. The molecule has 1 aliphatic rings. The molecule has 0 atom stereocenters. The van der Waals surface area contributed by atoms with E-state index in [9.17, 15) is 14.5 Å². The summed E-state index contributed by atoms with van der Waals surface area (Å²) < 4.78 is 15.0. The lowest BCUT2D eigenvalue weighted by atomic mass is 10.0. The minimum Gasteiger partial charge on any atom is -0.366 e. The number of piperidine rings is 1. The van der Waals surface area contributed by atoms with Gasteiger partial charge in [0.25, 0.3) is 5.69 Å². The largest absolute Gasteiger partial charge is 0.366 e. The third-order valence-corrected chi connectivity index (χ3v) is 3.75. The van der Waals surface area contributed by atoms with Crippen LogP contribution in [0.2, 0.25) is 0 Å². The predicted molar refractivity (Wildman–Crippen MR) is 73.6 cm³/mol. The van der Waals surface area contributed by atoms with E-state index in [4.69, 9.17) is 0 Å². The van der Waals surface area contributed by atoms with Crippen molar-refractivity contribution < 1.29 is 9.31 Å². The van der Waals surface area contributed by atoms with Crippen molar-refractivity contribution in [2.45, 2.75) is 18.9 Å². The minimum atomic E-state index is -0.594. The predicted octanol–water partition coefficient (Wildman–Crippen LogP) is 2.17. The monoisotopic (exact) mass is 291 g/mol. The minimum absolute atomic E-state index is 0.186. The molecule has 7 nitrogen and oxygen atoms in total. The molecule has 21 heavy (non-hydrogen) atoms. The third kappa shape index (κ3) is 2.69. The van der Waals surface area contributed by atoms with Crippen LogP contribution in [0.3, 0.4) is 0 Å². The zero-order chi connectivity index (χ0) is 14.8. The molecule has 0 bridgehead atoms. The van der Waals surface area contributed by atoms with Crippen molar-refractivity contribution in [2.24, 2.45) is 0 Å². The number of anilines is 1. The Morgan fingerprint density at radius 1 is 1.33 bits per heavy atom. The number of nitro groups is 1. The molecule has 0 N–H and O–H groups in total. The summed E-state index contributed by atoms with van der Waals surface area (Å²) in [6, 6.07) is 3.96. The first-order valence-corrected chi connectivity index (χ1v) is 6.70. The SMILES string of the molecule is O=[N+]([O-])c1cc(F)ccc1N1CCC(n2ccnn2)CC1. The van der Waals surface area contributed by atoms with Crippen molar-refractivity contribution >= 4 is 11.4 Å². The molecule has 1 aromatic heterocycles. The van der Waals surface area contributed by atoms with Crippen molar-refractivity contribution in [1.82, 2.24) is 15.0 Å². The highest BCUT2D eigenvalue weighted by atomic mass is 19.1. The van der Waals surface area contributed by atoms with Crippen molar-refractivity contribution in [3.05, 3.63) is 46.5 Å². The highest BCUT2D eigenvalue weighted by Gasteiger charge is 2.26. The third-order valence-electron chi connectivity index (χ3n) is 3.75. The van der Waals surface area contributed by atoms with E-state index in [1.807, 2.05) is 15.8 Å². The second kappa shape index (κ2) is 5.47. The number of benzene rings is 1. The summed E-state index contributed by atoms with van der Waals surface area (Å²) in [6.07, 6.45) is 5.09. The molecule has 0 spiro atoms. The molecular formula is C13H14FN5O2. The lowest BCUT2D eigenvalue weighted by Gasteiger charge is -2.33. The van der Waals surface area contributed by atoms with Gasteiger partial charge in [-0.2, -0.15) is 0 Å². The summed E-state index contributed by atoms with van der Waals surface area (Å²) >= 11 is 0. The molecule has 0 radical (unpaired) electrons. The maximum atomic E-state index is 13.2. The molecule has 1 aromatic carbocycles. The first kappa shape index (κ1) is 13.5. The van der Waals surface area contributed by atoms with E-state index >= 15 is 0 Å². The van der Waals surface area contributed by atoms with Crippen LogP contribution in [0.25, 0.3) is 0 Å². The molecule has 0 saturated carbocycles. The molecule has 0 amide bonds. The first-order valence-electron chi connectivity index (χ1n) is 6.70. The van der Waals surface area contributed by atoms with Crippen molar-refractivity contribution in [3.63, 3.8) is 0 Å². The van der Waals surface area contributed by atoms with Gasteiger partial charge in [0.05, 0.1) is 23.2 Å². The molecule has 1 fully saturated rings.